The molecule has 10 heteroatoms. The maximum atomic E-state index is 12.8. The second-order valence-corrected chi connectivity index (χ2v) is 8.25. The van der Waals surface area contributed by atoms with Crippen molar-refractivity contribution < 1.29 is 22.7 Å². The van der Waals surface area contributed by atoms with E-state index in [1.807, 2.05) is 11.8 Å². The molecule has 1 fully saturated rings. The summed E-state index contributed by atoms with van der Waals surface area (Å²) < 4.78 is 45.8. The lowest BCUT2D eigenvalue weighted by Crippen LogP contribution is -2.45. The molecule has 0 bridgehead atoms. The monoisotopic (exact) mass is 460 g/mol. The molecule has 4 rings (SSSR count). The smallest absolute Gasteiger partial charge is 0.416 e. The molecular formula is C23H23F3N4O3. The Hall–Kier alpha value is -3.56. The van der Waals surface area contributed by atoms with Crippen LogP contribution in [0, 0.1) is 5.92 Å². The Kier molecular flexibility index (Phi) is 5.77. The number of alkyl halides is 3. The predicted octanol–water partition coefficient (Wildman–Crippen LogP) is 3.35. The summed E-state index contributed by atoms with van der Waals surface area (Å²) in [5, 5.41) is 0. The lowest BCUT2D eigenvalue weighted by atomic mass is 9.95. The van der Waals surface area contributed by atoms with E-state index < -0.39 is 17.6 Å². The van der Waals surface area contributed by atoms with Crippen LogP contribution in [-0.2, 0) is 13.2 Å². The number of carbonyl (C=O) groups is 1. The van der Waals surface area contributed by atoms with Gasteiger partial charge in [-0.05, 0) is 36.4 Å². The van der Waals surface area contributed by atoms with Gasteiger partial charge in [-0.3, -0.25) is 9.59 Å². The maximum absolute atomic E-state index is 12.8. The van der Waals surface area contributed by atoms with Crippen molar-refractivity contribution in [3.8, 4) is 5.75 Å². The van der Waals surface area contributed by atoms with Crippen molar-refractivity contribution in [2.24, 2.45) is 18.7 Å². The highest BCUT2D eigenvalue weighted by Crippen LogP contribution is 2.32. The average Bonchev–Trinajstić information content (AvgIpc) is 2.77. The van der Waals surface area contributed by atoms with Crippen LogP contribution in [0.2, 0.25) is 0 Å². The second kappa shape index (κ2) is 8.42. The molecule has 1 amide bonds. The molecule has 2 aromatic heterocycles. The Balaban J connectivity index is 1.56. The number of piperidine rings is 1. The molecule has 1 aliphatic heterocycles. The molecule has 3 heterocycles. The first-order valence-electron chi connectivity index (χ1n) is 10.4. The van der Waals surface area contributed by atoms with Crippen LogP contribution in [0.4, 0.5) is 18.9 Å². The number of hydrogen-bond donors (Lipinski definition) is 1. The number of aromatic nitrogens is 2. The molecule has 1 aromatic carbocycles. The van der Waals surface area contributed by atoms with Crippen LogP contribution in [0.5, 0.6) is 5.75 Å². The van der Waals surface area contributed by atoms with Crippen molar-refractivity contribution in [1.29, 1.82) is 0 Å². The number of anilines is 1. The van der Waals surface area contributed by atoms with Gasteiger partial charge in [0, 0.05) is 38.5 Å². The molecule has 174 valence electrons. The fourth-order valence-electron chi connectivity index (χ4n) is 4.11. The summed E-state index contributed by atoms with van der Waals surface area (Å²) in [5.41, 5.74) is 6.25. The van der Waals surface area contributed by atoms with Gasteiger partial charge >= 0.3 is 6.18 Å². The van der Waals surface area contributed by atoms with E-state index >= 15 is 0 Å². The number of ether oxygens (including phenoxy) is 1. The summed E-state index contributed by atoms with van der Waals surface area (Å²) >= 11 is 0. The molecule has 0 radical (unpaired) electrons. The van der Waals surface area contributed by atoms with Crippen LogP contribution >= 0.6 is 0 Å². The number of fused-ring (bicyclic) bond motifs is 1. The number of nitrogens with two attached hydrogens (primary N) is 1. The topological polar surface area (TPSA) is 90.5 Å². The summed E-state index contributed by atoms with van der Waals surface area (Å²) in [6.07, 6.45) is -4.01. The van der Waals surface area contributed by atoms with Gasteiger partial charge in [0.15, 0.2) is 0 Å². The molecule has 1 saturated heterocycles. The molecule has 2 unspecified atom stereocenters. The number of rotatable bonds is 4. The molecule has 0 spiro atoms. The fraction of sp³-hybridized carbons (Fsp3) is 0.348. The Bertz CT molecular complexity index is 1250. The van der Waals surface area contributed by atoms with Gasteiger partial charge in [0.1, 0.15) is 23.1 Å². The number of amides is 1. The van der Waals surface area contributed by atoms with Gasteiger partial charge in [-0.15, -0.1) is 0 Å². The zero-order valence-corrected chi connectivity index (χ0v) is 18.1. The largest absolute Gasteiger partial charge is 0.490 e. The number of benzene rings is 1. The van der Waals surface area contributed by atoms with Crippen molar-refractivity contribution in [1.82, 2.24) is 9.55 Å². The van der Waals surface area contributed by atoms with E-state index in [0.29, 0.717) is 42.0 Å². The summed E-state index contributed by atoms with van der Waals surface area (Å²) in [4.78, 5) is 30.5. The molecule has 0 aliphatic carbocycles. The van der Waals surface area contributed by atoms with E-state index in [2.05, 4.69) is 4.98 Å². The Labute approximate surface area is 187 Å². The van der Waals surface area contributed by atoms with E-state index in [9.17, 15) is 22.8 Å². The summed E-state index contributed by atoms with van der Waals surface area (Å²) in [6.45, 7) is 3.06. The van der Waals surface area contributed by atoms with Crippen molar-refractivity contribution in [3.63, 3.8) is 0 Å². The summed E-state index contributed by atoms with van der Waals surface area (Å²) in [6, 6.07) is 9.28. The fourth-order valence-corrected chi connectivity index (χ4v) is 4.11. The van der Waals surface area contributed by atoms with Crippen LogP contribution in [0.25, 0.3) is 11.0 Å². The van der Waals surface area contributed by atoms with Crippen LogP contribution in [-0.4, -0.2) is 34.7 Å². The van der Waals surface area contributed by atoms with Gasteiger partial charge in [0.05, 0.1) is 16.8 Å². The van der Waals surface area contributed by atoms with E-state index in [1.54, 1.807) is 13.1 Å². The normalized spacial score (nSPS) is 19.0. The van der Waals surface area contributed by atoms with Crippen molar-refractivity contribution >= 4 is 22.6 Å². The Morgan fingerprint density at radius 2 is 1.88 bits per heavy atom. The quantitative estimate of drug-likeness (QED) is 0.645. The third-order valence-corrected chi connectivity index (χ3v) is 5.96. The van der Waals surface area contributed by atoms with Crippen molar-refractivity contribution in [3.05, 3.63) is 64.1 Å². The number of halogens is 3. The highest BCUT2D eigenvalue weighted by Gasteiger charge is 2.32. The summed E-state index contributed by atoms with van der Waals surface area (Å²) in [5.74, 6) is -0.270. The SMILES string of the molecule is CC1CN(c2cc(=O)n(C)c3ccc(C(N)=O)nc23)CCC1Oc1ccc(C(F)(F)F)cc1. The molecule has 3 aromatic rings. The molecule has 33 heavy (non-hydrogen) atoms. The summed E-state index contributed by atoms with van der Waals surface area (Å²) in [7, 11) is 1.63. The standard InChI is InChI=1S/C23H23F3N4O3/c1-13-12-30(10-9-19(13)33-15-5-3-14(4-6-15)23(24,25)26)18-11-20(31)29(2)17-8-7-16(22(27)32)28-21(17)18/h3-8,11,13,19H,9-10,12H2,1-2H3,(H2,27,32). The molecule has 2 atom stereocenters. The Morgan fingerprint density at radius 1 is 1.18 bits per heavy atom. The number of hydrogen-bond acceptors (Lipinski definition) is 5. The zero-order chi connectivity index (χ0) is 23.9. The van der Waals surface area contributed by atoms with E-state index in [1.165, 1.54) is 28.8 Å². The number of carbonyl (C=O) groups excluding carboxylic acids is 1. The maximum Gasteiger partial charge on any atom is 0.416 e. The van der Waals surface area contributed by atoms with E-state index in [-0.39, 0.29) is 23.3 Å². The first-order valence-corrected chi connectivity index (χ1v) is 10.4. The predicted molar refractivity (Wildman–Crippen MR) is 117 cm³/mol. The minimum atomic E-state index is -4.39. The average molecular weight is 460 g/mol. The van der Waals surface area contributed by atoms with Gasteiger partial charge in [0.2, 0.25) is 0 Å². The minimum absolute atomic E-state index is 0.0134. The lowest BCUT2D eigenvalue weighted by molar-refractivity contribution is -0.137. The molecular weight excluding hydrogens is 437 g/mol. The number of aryl methyl sites for hydroxylation is 1. The highest BCUT2D eigenvalue weighted by atomic mass is 19.4. The van der Waals surface area contributed by atoms with Crippen LogP contribution < -0.4 is 20.9 Å². The van der Waals surface area contributed by atoms with Gasteiger partial charge in [-0.25, -0.2) is 4.98 Å². The third-order valence-electron chi connectivity index (χ3n) is 5.96. The van der Waals surface area contributed by atoms with Gasteiger partial charge in [0.25, 0.3) is 11.5 Å². The highest BCUT2D eigenvalue weighted by molar-refractivity contribution is 5.96. The van der Waals surface area contributed by atoms with Gasteiger partial charge in [-0.1, -0.05) is 6.92 Å². The lowest BCUT2D eigenvalue weighted by Gasteiger charge is -2.38. The van der Waals surface area contributed by atoms with E-state index in [4.69, 9.17) is 10.5 Å². The molecule has 7 nitrogen and oxygen atoms in total. The molecule has 1 aliphatic rings. The molecule has 0 saturated carbocycles. The number of primary amides is 1. The van der Waals surface area contributed by atoms with E-state index in [0.717, 1.165) is 12.1 Å². The van der Waals surface area contributed by atoms with Crippen LogP contribution in [0.3, 0.4) is 0 Å². The Morgan fingerprint density at radius 3 is 2.48 bits per heavy atom. The van der Waals surface area contributed by atoms with Gasteiger partial charge in [-0.2, -0.15) is 13.2 Å². The number of pyridine rings is 2. The second-order valence-electron chi connectivity index (χ2n) is 8.25. The van der Waals surface area contributed by atoms with Crippen molar-refractivity contribution in [2.45, 2.75) is 25.6 Å². The third kappa shape index (κ3) is 4.50. The zero-order valence-electron chi connectivity index (χ0n) is 18.1. The minimum Gasteiger partial charge on any atom is -0.490 e. The van der Waals surface area contributed by atoms with Crippen LogP contribution in [0.1, 0.15) is 29.4 Å². The first kappa shape index (κ1) is 22.6. The van der Waals surface area contributed by atoms with Crippen LogP contribution in [0.15, 0.2) is 47.3 Å². The van der Waals surface area contributed by atoms with Crippen molar-refractivity contribution in [2.75, 3.05) is 18.0 Å². The van der Waals surface area contributed by atoms with Gasteiger partial charge < -0.3 is 19.9 Å². The molecule has 2 N–H and O–H groups in total. The number of nitrogens with zero attached hydrogens (tertiary/aromatic N) is 3. The first-order chi connectivity index (χ1) is 15.5.